The monoisotopic (exact) mass is 268 g/mol. The maximum atomic E-state index is 12.1. The summed E-state index contributed by atoms with van der Waals surface area (Å²) in [5, 5.41) is 0. The van der Waals surface area contributed by atoms with E-state index in [-0.39, 0.29) is 25.4 Å². The summed E-state index contributed by atoms with van der Waals surface area (Å²) < 4.78 is 9.96. The van der Waals surface area contributed by atoms with Gasteiger partial charge in [0.1, 0.15) is 17.8 Å². The van der Waals surface area contributed by atoms with E-state index in [1.54, 1.807) is 6.92 Å². The first kappa shape index (κ1) is 15.4. The highest BCUT2D eigenvalue weighted by molar-refractivity contribution is 6.05. The number of carbonyl (C=O) groups excluding carboxylic acids is 3. The Kier molecular flexibility index (Phi) is 5.27. The predicted octanol–water partition coefficient (Wildman–Crippen LogP) is 1.80. The van der Waals surface area contributed by atoms with Crippen LogP contribution in [0, 0.1) is 5.41 Å². The van der Waals surface area contributed by atoms with Crippen molar-refractivity contribution < 1.29 is 23.9 Å². The van der Waals surface area contributed by atoms with Crippen LogP contribution < -0.4 is 0 Å². The van der Waals surface area contributed by atoms with Crippen LogP contribution in [0.4, 0.5) is 0 Å². The van der Waals surface area contributed by atoms with Gasteiger partial charge in [-0.1, -0.05) is 6.58 Å². The standard InChI is InChI=1S/C14H20O5/c1-10(2)9-19-13(17)14(6-4-5-12(14)16)7-8-18-11(3)15/h1,4-9H2,2-3H3. The second-order valence-electron chi connectivity index (χ2n) is 4.98. The van der Waals surface area contributed by atoms with Crippen molar-refractivity contribution in [2.24, 2.45) is 5.41 Å². The van der Waals surface area contributed by atoms with E-state index < -0.39 is 17.4 Å². The van der Waals surface area contributed by atoms with E-state index in [1.165, 1.54) is 6.92 Å². The SMILES string of the molecule is C=C(C)COC(=O)C1(CCOC(C)=O)CCCC1=O. The Morgan fingerprint density at radius 2 is 2.00 bits per heavy atom. The third-order valence-electron chi connectivity index (χ3n) is 3.22. The first-order valence-corrected chi connectivity index (χ1v) is 6.37. The first-order chi connectivity index (χ1) is 8.88. The van der Waals surface area contributed by atoms with E-state index in [1.807, 2.05) is 0 Å². The van der Waals surface area contributed by atoms with E-state index in [0.717, 1.165) is 0 Å². The number of carbonyl (C=O) groups is 3. The molecule has 0 heterocycles. The number of ketones is 1. The molecule has 1 unspecified atom stereocenters. The van der Waals surface area contributed by atoms with Crippen molar-refractivity contribution in [3.8, 4) is 0 Å². The molecule has 1 aliphatic carbocycles. The van der Waals surface area contributed by atoms with Gasteiger partial charge in [-0.3, -0.25) is 14.4 Å². The molecule has 0 amide bonds. The molecule has 1 saturated carbocycles. The summed E-state index contributed by atoms with van der Waals surface area (Å²) in [6.45, 7) is 6.86. The van der Waals surface area contributed by atoms with Gasteiger partial charge in [0.2, 0.25) is 0 Å². The molecule has 0 aliphatic heterocycles. The van der Waals surface area contributed by atoms with Crippen LogP contribution in [-0.4, -0.2) is 30.9 Å². The molecule has 0 spiro atoms. The topological polar surface area (TPSA) is 69.7 Å². The number of ether oxygens (including phenoxy) is 2. The Balaban J connectivity index is 2.70. The van der Waals surface area contributed by atoms with Crippen molar-refractivity contribution >= 4 is 17.7 Å². The highest BCUT2D eigenvalue weighted by atomic mass is 16.5. The van der Waals surface area contributed by atoms with Crippen LogP contribution in [0.1, 0.15) is 39.5 Å². The van der Waals surface area contributed by atoms with Gasteiger partial charge in [-0.2, -0.15) is 0 Å². The Labute approximate surface area is 112 Å². The fourth-order valence-electron chi connectivity index (χ4n) is 2.21. The smallest absolute Gasteiger partial charge is 0.320 e. The predicted molar refractivity (Wildman–Crippen MR) is 68.3 cm³/mol. The van der Waals surface area contributed by atoms with E-state index in [2.05, 4.69) is 6.58 Å². The molecule has 0 aromatic heterocycles. The van der Waals surface area contributed by atoms with Crippen molar-refractivity contribution in [3.63, 3.8) is 0 Å². The third kappa shape index (κ3) is 3.91. The maximum absolute atomic E-state index is 12.1. The van der Waals surface area contributed by atoms with Crippen molar-refractivity contribution in [1.82, 2.24) is 0 Å². The largest absolute Gasteiger partial charge is 0.466 e. The minimum Gasteiger partial charge on any atom is -0.466 e. The second kappa shape index (κ2) is 6.50. The number of hydrogen-bond donors (Lipinski definition) is 0. The summed E-state index contributed by atoms with van der Waals surface area (Å²) in [5.74, 6) is -1.06. The summed E-state index contributed by atoms with van der Waals surface area (Å²) in [5.41, 5.74) is -0.417. The van der Waals surface area contributed by atoms with Gasteiger partial charge in [0.25, 0.3) is 0 Å². The maximum Gasteiger partial charge on any atom is 0.320 e. The van der Waals surface area contributed by atoms with Crippen molar-refractivity contribution in [2.45, 2.75) is 39.5 Å². The number of Topliss-reactive ketones (excluding diaryl/α,β-unsaturated/α-hetero) is 1. The van der Waals surface area contributed by atoms with Crippen molar-refractivity contribution in [3.05, 3.63) is 12.2 Å². The van der Waals surface area contributed by atoms with E-state index in [4.69, 9.17) is 9.47 Å². The Morgan fingerprint density at radius 1 is 1.32 bits per heavy atom. The molecule has 1 rings (SSSR count). The Bertz CT molecular complexity index is 399. The van der Waals surface area contributed by atoms with Crippen LogP contribution >= 0.6 is 0 Å². The van der Waals surface area contributed by atoms with Crippen molar-refractivity contribution in [1.29, 1.82) is 0 Å². The van der Waals surface area contributed by atoms with E-state index in [0.29, 0.717) is 24.8 Å². The van der Waals surface area contributed by atoms with Crippen LogP contribution in [0.15, 0.2) is 12.2 Å². The molecule has 5 nitrogen and oxygen atoms in total. The molecule has 0 saturated heterocycles. The van der Waals surface area contributed by atoms with Crippen molar-refractivity contribution in [2.75, 3.05) is 13.2 Å². The minimum atomic E-state index is -1.13. The van der Waals surface area contributed by atoms with Crippen LogP contribution in [0.5, 0.6) is 0 Å². The zero-order chi connectivity index (χ0) is 14.5. The molecule has 19 heavy (non-hydrogen) atoms. The summed E-state index contributed by atoms with van der Waals surface area (Å²) >= 11 is 0. The molecule has 0 bridgehead atoms. The molecule has 0 aromatic carbocycles. The highest BCUT2D eigenvalue weighted by Gasteiger charge is 2.49. The third-order valence-corrected chi connectivity index (χ3v) is 3.22. The Morgan fingerprint density at radius 3 is 2.47 bits per heavy atom. The van der Waals surface area contributed by atoms with Gasteiger partial charge in [-0.15, -0.1) is 0 Å². The first-order valence-electron chi connectivity index (χ1n) is 6.37. The average Bonchev–Trinajstić information content (AvgIpc) is 2.68. The van der Waals surface area contributed by atoms with Gasteiger partial charge in [-0.25, -0.2) is 0 Å². The van der Waals surface area contributed by atoms with Crippen LogP contribution in [-0.2, 0) is 23.9 Å². The summed E-state index contributed by atoms with van der Waals surface area (Å²) in [6.07, 6.45) is 1.70. The van der Waals surface area contributed by atoms with Gasteiger partial charge >= 0.3 is 11.9 Å². The van der Waals surface area contributed by atoms with Crippen LogP contribution in [0.2, 0.25) is 0 Å². The minimum absolute atomic E-state index is 0.0588. The number of esters is 2. The zero-order valence-corrected chi connectivity index (χ0v) is 11.5. The quantitative estimate of drug-likeness (QED) is 0.417. The zero-order valence-electron chi connectivity index (χ0n) is 11.5. The van der Waals surface area contributed by atoms with Gasteiger partial charge < -0.3 is 9.47 Å². The van der Waals surface area contributed by atoms with E-state index in [9.17, 15) is 14.4 Å². The number of hydrogen-bond acceptors (Lipinski definition) is 5. The summed E-state index contributed by atoms with van der Waals surface area (Å²) in [6, 6.07) is 0. The molecular weight excluding hydrogens is 248 g/mol. The lowest BCUT2D eigenvalue weighted by Crippen LogP contribution is -2.38. The lowest BCUT2D eigenvalue weighted by atomic mass is 9.82. The Hall–Kier alpha value is -1.65. The van der Waals surface area contributed by atoms with Crippen LogP contribution in [0.3, 0.4) is 0 Å². The molecule has 106 valence electrons. The molecule has 1 atom stereocenters. The highest BCUT2D eigenvalue weighted by Crippen LogP contribution is 2.39. The van der Waals surface area contributed by atoms with Gasteiger partial charge in [0.05, 0.1) is 6.61 Å². The van der Waals surface area contributed by atoms with Crippen LogP contribution in [0.25, 0.3) is 0 Å². The van der Waals surface area contributed by atoms with Gasteiger partial charge in [0, 0.05) is 19.8 Å². The molecule has 1 fully saturated rings. The second-order valence-corrected chi connectivity index (χ2v) is 4.98. The lowest BCUT2D eigenvalue weighted by Gasteiger charge is -2.24. The summed E-state index contributed by atoms with van der Waals surface area (Å²) in [4.78, 5) is 34.9. The molecule has 0 radical (unpaired) electrons. The fraction of sp³-hybridized carbons (Fsp3) is 0.643. The number of rotatable bonds is 6. The fourth-order valence-corrected chi connectivity index (χ4v) is 2.21. The van der Waals surface area contributed by atoms with Gasteiger partial charge in [-0.05, 0) is 25.3 Å². The molecule has 0 N–H and O–H groups in total. The molecule has 5 heteroatoms. The van der Waals surface area contributed by atoms with E-state index >= 15 is 0 Å². The van der Waals surface area contributed by atoms with Gasteiger partial charge in [0.15, 0.2) is 0 Å². The average molecular weight is 268 g/mol. The molecule has 1 aliphatic rings. The lowest BCUT2D eigenvalue weighted by molar-refractivity contribution is -0.161. The normalized spacial score (nSPS) is 22.1. The molecular formula is C14H20O5. The summed E-state index contributed by atoms with van der Waals surface area (Å²) in [7, 11) is 0. The molecule has 0 aromatic rings.